The molecule has 0 aliphatic rings. The van der Waals surface area contributed by atoms with Crippen molar-refractivity contribution < 1.29 is 14.3 Å². The Balaban J connectivity index is 2.69. The van der Waals surface area contributed by atoms with Crippen LogP contribution in [-0.2, 0) is 9.59 Å². The van der Waals surface area contributed by atoms with Crippen molar-refractivity contribution >= 4 is 17.6 Å². The summed E-state index contributed by atoms with van der Waals surface area (Å²) in [6, 6.07) is 6.57. The second kappa shape index (κ2) is 5.49. The number of ether oxygens (including phenoxy) is 1. The summed E-state index contributed by atoms with van der Waals surface area (Å²) in [6.07, 6.45) is 1.19. The van der Waals surface area contributed by atoms with Crippen molar-refractivity contribution in [3.05, 3.63) is 36.9 Å². The Morgan fingerprint density at radius 2 is 1.78 bits per heavy atom. The monoisotopic (exact) mass is 247 g/mol. The highest BCUT2D eigenvalue weighted by Gasteiger charge is 2.23. The first-order valence-electron chi connectivity index (χ1n) is 5.58. The summed E-state index contributed by atoms with van der Waals surface area (Å²) in [6.45, 7) is 8.72. The molecule has 18 heavy (non-hydrogen) atoms. The van der Waals surface area contributed by atoms with Gasteiger partial charge >= 0.3 is 5.97 Å². The largest absolute Gasteiger partial charge is 0.426 e. The first kappa shape index (κ1) is 14.0. The van der Waals surface area contributed by atoms with E-state index in [1.165, 1.54) is 6.08 Å². The Kier molecular flexibility index (Phi) is 4.26. The van der Waals surface area contributed by atoms with Crippen molar-refractivity contribution in [3.8, 4) is 5.75 Å². The van der Waals surface area contributed by atoms with Crippen LogP contribution in [0.25, 0.3) is 0 Å². The van der Waals surface area contributed by atoms with Crippen LogP contribution < -0.4 is 10.1 Å². The minimum Gasteiger partial charge on any atom is -0.426 e. The van der Waals surface area contributed by atoms with Gasteiger partial charge in [-0.1, -0.05) is 6.58 Å². The fourth-order valence-corrected chi connectivity index (χ4v) is 1.06. The number of benzene rings is 1. The number of amides is 1. The van der Waals surface area contributed by atoms with E-state index in [1.807, 2.05) is 0 Å². The van der Waals surface area contributed by atoms with Gasteiger partial charge in [-0.15, -0.1) is 0 Å². The summed E-state index contributed by atoms with van der Waals surface area (Å²) in [7, 11) is 0. The highest BCUT2D eigenvalue weighted by molar-refractivity contribution is 5.98. The minimum atomic E-state index is -0.546. The third-order valence-electron chi connectivity index (χ3n) is 2.13. The Hall–Kier alpha value is -2.10. The van der Waals surface area contributed by atoms with Crippen LogP contribution in [0.2, 0.25) is 0 Å². The van der Waals surface area contributed by atoms with Gasteiger partial charge in [0.2, 0.25) is 5.91 Å². The molecule has 0 aliphatic carbocycles. The van der Waals surface area contributed by atoms with Crippen molar-refractivity contribution in [3.63, 3.8) is 0 Å². The van der Waals surface area contributed by atoms with Crippen LogP contribution in [0.3, 0.4) is 0 Å². The van der Waals surface area contributed by atoms with Gasteiger partial charge in [0.05, 0.1) is 5.41 Å². The first-order chi connectivity index (χ1) is 8.32. The first-order valence-corrected chi connectivity index (χ1v) is 5.58. The van der Waals surface area contributed by atoms with Crippen molar-refractivity contribution in [1.29, 1.82) is 0 Å². The SMILES string of the molecule is C=CC(=O)Nc1ccc(OC(=O)C(C)(C)C)cc1. The van der Waals surface area contributed by atoms with E-state index in [0.717, 1.165) is 0 Å². The Morgan fingerprint density at radius 1 is 1.22 bits per heavy atom. The van der Waals surface area contributed by atoms with E-state index in [1.54, 1.807) is 45.0 Å². The summed E-state index contributed by atoms with van der Waals surface area (Å²) < 4.78 is 5.19. The summed E-state index contributed by atoms with van der Waals surface area (Å²) >= 11 is 0. The molecule has 1 rings (SSSR count). The van der Waals surface area contributed by atoms with Crippen molar-refractivity contribution in [2.24, 2.45) is 5.41 Å². The van der Waals surface area contributed by atoms with Crippen LogP contribution in [0.15, 0.2) is 36.9 Å². The maximum Gasteiger partial charge on any atom is 0.316 e. The fourth-order valence-electron chi connectivity index (χ4n) is 1.06. The van der Waals surface area contributed by atoms with Gasteiger partial charge in [0.15, 0.2) is 0 Å². The molecule has 4 heteroatoms. The number of esters is 1. The zero-order valence-electron chi connectivity index (χ0n) is 10.8. The van der Waals surface area contributed by atoms with Crippen molar-refractivity contribution in [2.45, 2.75) is 20.8 Å². The van der Waals surface area contributed by atoms with Crippen LogP contribution in [0.4, 0.5) is 5.69 Å². The average Bonchev–Trinajstić information content (AvgIpc) is 2.30. The zero-order chi connectivity index (χ0) is 13.8. The molecule has 0 fully saturated rings. The molecule has 0 aromatic heterocycles. The molecule has 0 radical (unpaired) electrons. The van der Waals surface area contributed by atoms with Crippen LogP contribution in [0.5, 0.6) is 5.75 Å². The third-order valence-corrected chi connectivity index (χ3v) is 2.13. The molecular formula is C14H17NO3. The van der Waals surface area contributed by atoms with Gasteiger partial charge in [0.25, 0.3) is 0 Å². The molecule has 0 heterocycles. The van der Waals surface area contributed by atoms with E-state index in [2.05, 4.69) is 11.9 Å². The molecule has 1 amide bonds. The Bertz CT molecular complexity index is 455. The molecule has 0 saturated carbocycles. The molecule has 96 valence electrons. The van der Waals surface area contributed by atoms with E-state index in [9.17, 15) is 9.59 Å². The lowest BCUT2D eigenvalue weighted by molar-refractivity contribution is -0.143. The van der Waals surface area contributed by atoms with Crippen molar-refractivity contribution in [2.75, 3.05) is 5.32 Å². The second-order valence-electron chi connectivity index (χ2n) is 4.86. The summed E-state index contributed by atoms with van der Waals surface area (Å²) in [5, 5.41) is 2.60. The maximum atomic E-state index is 11.6. The third kappa shape index (κ3) is 4.05. The van der Waals surface area contributed by atoms with Gasteiger partial charge < -0.3 is 10.1 Å². The molecule has 0 aliphatic heterocycles. The van der Waals surface area contributed by atoms with Crippen LogP contribution in [0, 0.1) is 5.41 Å². The molecule has 1 aromatic rings. The van der Waals surface area contributed by atoms with Crippen LogP contribution >= 0.6 is 0 Å². The number of rotatable bonds is 3. The quantitative estimate of drug-likeness (QED) is 0.507. The lowest BCUT2D eigenvalue weighted by atomic mass is 9.97. The van der Waals surface area contributed by atoms with Crippen molar-refractivity contribution in [1.82, 2.24) is 0 Å². The van der Waals surface area contributed by atoms with E-state index in [4.69, 9.17) is 4.74 Å². The number of anilines is 1. The van der Waals surface area contributed by atoms with Crippen LogP contribution in [0.1, 0.15) is 20.8 Å². The molecule has 0 atom stereocenters. The number of carbonyl (C=O) groups is 2. The standard InChI is InChI=1S/C14H17NO3/c1-5-12(16)15-10-6-8-11(9-7-10)18-13(17)14(2,3)4/h5-9H,1H2,2-4H3,(H,15,16). The zero-order valence-corrected chi connectivity index (χ0v) is 10.8. The molecule has 1 N–H and O–H groups in total. The lowest BCUT2D eigenvalue weighted by Gasteiger charge is -2.16. The average molecular weight is 247 g/mol. The molecule has 1 aromatic carbocycles. The van der Waals surface area contributed by atoms with E-state index < -0.39 is 5.41 Å². The predicted octanol–water partition coefficient (Wildman–Crippen LogP) is 2.76. The van der Waals surface area contributed by atoms with Gasteiger partial charge in [-0.2, -0.15) is 0 Å². The topological polar surface area (TPSA) is 55.4 Å². The van der Waals surface area contributed by atoms with E-state index >= 15 is 0 Å². The molecule has 0 spiro atoms. The van der Waals surface area contributed by atoms with Gasteiger partial charge in [-0.05, 0) is 51.1 Å². The second-order valence-corrected chi connectivity index (χ2v) is 4.86. The molecule has 0 saturated heterocycles. The van der Waals surface area contributed by atoms with Crippen LogP contribution in [-0.4, -0.2) is 11.9 Å². The van der Waals surface area contributed by atoms with Gasteiger partial charge in [-0.3, -0.25) is 9.59 Å². The molecule has 0 bridgehead atoms. The predicted molar refractivity (Wildman–Crippen MR) is 70.4 cm³/mol. The Morgan fingerprint density at radius 3 is 2.22 bits per heavy atom. The number of hydrogen-bond donors (Lipinski definition) is 1. The number of nitrogens with one attached hydrogen (secondary N) is 1. The molecule has 0 unspecified atom stereocenters. The van der Waals surface area contributed by atoms with Gasteiger partial charge in [-0.25, -0.2) is 0 Å². The minimum absolute atomic E-state index is 0.283. The lowest BCUT2D eigenvalue weighted by Crippen LogP contribution is -2.25. The summed E-state index contributed by atoms with van der Waals surface area (Å²) in [4.78, 5) is 22.7. The summed E-state index contributed by atoms with van der Waals surface area (Å²) in [5.41, 5.74) is 0.0749. The maximum absolute atomic E-state index is 11.6. The van der Waals surface area contributed by atoms with Gasteiger partial charge in [0.1, 0.15) is 5.75 Å². The number of carbonyl (C=O) groups excluding carboxylic acids is 2. The van der Waals surface area contributed by atoms with Gasteiger partial charge in [0, 0.05) is 5.69 Å². The van der Waals surface area contributed by atoms with E-state index in [-0.39, 0.29) is 11.9 Å². The molecular weight excluding hydrogens is 230 g/mol. The smallest absolute Gasteiger partial charge is 0.316 e. The number of hydrogen-bond acceptors (Lipinski definition) is 3. The molecule has 4 nitrogen and oxygen atoms in total. The summed E-state index contributed by atoms with van der Waals surface area (Å²) in [5.74, 6) is -0.133. The van der Waals surface area contributed by atoms with E-state index in [0.29, 0.717) is 11.4 Å². The highest BCUT2D eigenvalue weighted by Crippen LogP contribution is 2.21. The highest BCUT2D eigenvalue weighted by atomic mass is 16.5. The Labute approximate surface area is 107 Å². The normalized spacial score (nSPS) is 10.6. The fraction of sp³-hybridized carbons (Fsp3) is 0.286.